The zero-order valence-electron chi connectivity index (χ0n) is 19.5. The van der Waals surface area contributed by atoms with Crippen molar-refractivity contribution in [2.45, 2.75) is 29.7 Å². The molecule has 0 amide bonds. The molecular formula is C27H30N2O4S. The van der Waals surface area contributed by atoms with Gasteiger partial charge in [-0.2, -0.15) is 0 Å². The van der Waals surface area contributed by atoms with Gasteiger partial charge in [0.15, 0.2) is 9.84 Å². The number of esters is 1. The van der Waals surface area contributed by atoms with Gasteiger partial charge in [-0.25, -0.2) is 8.42 Å². The molecule has 2 atom stereocenters. The number of carbonyl (C=O) groups excluding carboxylic acids is 1. The number of methoxy groups -OCH3 is 1. The molecule has 0 radical (unpaired) electrons. The van der Waals surface area contributed by atoms with E-state index in [1.165, 1.54) is 7.11 Å². The maximum Gasteiger partial charge on any atom is 0.309 e. The highest BCUT2D eigenvalue weighted by atomic mass is 32.2. The third kappa shape index (κ3) is 5.22. The van der Waals surface area contributed by atoms with E-state index in [1.54, 1.807) is 12.1 Å². The fraction of sp³-hybridized carbons (Fsp3) is 0.296. The van der Waals surface area contributed by atoms with E-state index in [-0.39, 0.29) is 18.4 Å². The van der Waals surface area contributed by atoms with Crippen LogP contribution in [0.1, 0.15) is 28.3 Å². The van der Waals surface area contributed by atoms with Crippen molar-refractivity contribution in [3.8, 4) is 0 Å². The van der Waals surface area contributed by atoms with Crippen LogP contribution >= 0.6 is 0 Å². The molecule has 0 aliphatic carbocycles. The lowest BCUT2D eigenvalue weighted by molar-refractivity contribution is -0.139. The number of nitrogens with zero attached hydrogens (tertiary/aromatic N) is 1. The van der Waals surface area contributed by atoms with E-state index < -0.39 is 15.2 Å². The molecule has 1 aliphatic rings. The van der Waals surface area contributed by atoms with Crippen molar-refractivity contribution in [2.24, 2.45) is 0 Å². The van der Waals surface area contributed by atoms with Crippen molar-refractivity contribution in [2.75, 3.05) is 26.7 Å². The maximum absolute atomic E-state index is 13.8. The normalized spacial score (nSPS) is 17.8. The highest BCUT2D eigenvalue weighted by Gasteiger charge is 2.39. The van der Waals surface area contributed by atoms with Gasteiger partial charge in [0.2, 0.25) is 0 Å². The van der Waals surface area contributed by atoms with Crippen LogP contribution < -0.4 is 5.32 Å². The number of rotatable bonds is 7. The largest absolute Gasteiger partial charge is 0.469 e. The van der Waals surface area contributed by atoms with Crippen LogP contribution in [0, 0.1) is 6.92 Å². The Kier molecular flexibility index (Phi) is 7.46. The first-order valence-corrected chi connectivity index (χ1v) is 12.9. The van der Waals surface area contributed by atoms with E-state index in [9.17, 15) is 13.2 Å². The van der Waals surface area contributed by atoms with Crippen LogP contribution in [0.15, 0.2) is 83.8 Å². The van der Waals surface area contributed by atoms with Crippen molar-refractivity contribution >= 4 is 15.8 Å². The van der Waals surface area contributed by atoms with Gasteiger partial charge in [-0.05, 0) is 35.7 Å². The zero-order valence-corrected chi connectivity index (χ0v) is 20.3. The molecule has 34 heavy (non-hydrogen) atoms. The summed E-state index contributed by atoms with van der Waals surface area (Å²) in [4.78, 5) is 14.3. The summed E-state index contributed by atoms with van der Waals surface area (Å²) in [6, 6.07) is 24.5. The zero-order chi connectivity index (χ0) is 24.1. The first-order valence-electron chi connectivity index (χ1n) is 11.4. The molecule has 0 aromatic heterocycles. The number of benzene rings is 3. The number of nitrogens with one attached hydrogen (secondary N) is 1. The SMILES string of the molecule is COC(=O)Cc1cccc(C(c2ccccc2)N2CCNCC2S(=O)(=O)c2ccc(C)cc2)c1. The second-order valence-electron chi connectivity index (χ2n) is 8.57. The average Bonchev–Trinajstić information content (AvgIpc) is 2.85. The number of sulfone groups is 1. The van der Waals surface area contributed by atoms with Crippen LogP contribution in [0.4, 0.5) is 0 Å². The summed E-state index contributed by atoms with van der Waals surface area (Å²) in [7, 11) is -2.26. The number of ether oxygens (including phenoxy) is 1. The molecular weight excluding hydrogens is 448 g/mol. The highest BCUT2D eigenvalue weighted by Crippen LogP contribution is 2.34. The molecule has 3 aromatic rings. The van der Waals surface area contributed by atoms with Crippen LogP contribution in [-0.2, 0) is 25.8 Å². The molecule has 1 aliphatic heterocycles. The van der Waals surface area contributed by atoms with Gasteiger partial charge in [-0.3, -0.25) is 9.69 Å². The molecule has 1 N–H and O–H groups in total. The predicted molar refractivity (Wildman–Crippen MR) is 132 cm³/mol. The van der Waals surface area contributed by atoms with Crippen molar-refractivity contribution in [1.82, 2.24) is 10.2 Å². The van der Waals surface area contributed by atoms with Gasteiger partial charge in [-0.1, -0.05) is 72.3 Å². The van der Waals surface area contributed by atoms with E-state index in [0.29, 0.717) is 24.5 Å². The summed E-state index contributed by atoms with van der Waals surface area (Å²) in [5.74, 6) is -0.310. The maximum atomic E-state index is 13.8. The summed E-state index contributed by atoms with van der Waals surface area (Å²) < 4.78 is 32.4. The van der Waals surface area contributed by atoms with Crippen LogP contribution in [-0.4, -0.2) is 51.4 Å². The first-order chi connectivity index (χ1) is 16.4. The van der Waals surface area contributed by atoms with Gasteiger partial charge in [0.1, 0.15) is 5.37 Å². The van der Waals surface area contributed by atoms with E-state index in [1.807, 2.05) is 73.7 Å². The second-order valence-corrected chi connectivity index (χ2v) is 10.7. The van der Waals surface area contributed by atoms with Crippen LogP contribution in [0.3, 0.4) is 0 Å². The number of carbonyl (C=O) groups is 1. The monoisotopic (exact) mass is 478 g/mol. The van der Waals surface area contributed by atoms with E-state index >= 15 is 0 Å². The highest BCUT2D eigenvalue weighted by molar-refractivity contribution is 7.92. The number of hydrogen-bond acceptors (Lipinski definition) is 6. The summed E-state index contributed by atoms with van der Waals surface area (Å²) in [6.07, 6.45) is 0.165. The van der Waals surface area contributed by atoms with Crippen molar-refractivity contribution < 1.29 is 17.9 Å². The van der Waals surface area contributed by atoms with E-state index in [2.05, 4.69) is 10.2 Å². The number of aryl methyl sites for hydroxylation is 1. The Morgan fingerprint density at radius 1 is 1.03 bits per heavy atom. The Morgan fingerprint density at radius 2 is 1.74 bits per heavy atom. The van der Waals surface area contributed by atoms with Crippen LogP contribution in [0.5, 0.6) is 0 Å². The third-order valence-corrected chi connectivity index (χ3v) is 8.32. The van der Waals surface area contributed by atoms with Crippen molar-refractivity contribution in [3.63, 3.8) is 0 Å². The van der Waals surface area contributed by atoms with Gasteiger partial charge in [0.05, 0.1) is 24.5 Å². The minimum Gasteiger partial charge on any atom is -0.469 e. The fourth-order valence-electron chi connectivity index (χ4n) is 4.49. The average molecular weight is 479 g/mol. The second kappa shape index (κ2) is 10.5. The van der Waals surface area contributed by atoms with Gasteiger partial charge in [0, 0.05) is 19.6 Å². The standard InChI is InChI=1S/C27H30N2O4S/c1-20-11-13-24(14-12-20)34(31,32)25-19-28-15-16-29(25)27(22-8-4-3-5-9-22)23-10-6-7-21(17-23)18-26(30)33-2/h3-14,17,25,27-28H,15-16,18-19H2,1-2H3. The van der Waals surface area contributed by atoms with Gasteiger partial charge < -0.3 is 10.1 Å². The Morgan fingerprint density at radius 3 is 2.44 bits per heavy atom. The number of piperazine rings is 1. The molecule has 0 bridgehead atoms. The minimum atomic E-state index is -3.63. The van der Waals surface area contributed by atoms with Crippen LogP contribution in [0.2, 0.25) is 0 Å². The molecule has 3 aromatic carbocycles. The third-order valence-electron chi connectivity index (χ3n) is 6.23. The molecule has 2 unspecified atom stereocenters. The van der Waals surface area contributed by atoms with E-state index in [0.717, 1.165) is 22.3 Å². The number of hydrogen-bond donors (Lipinski definition) is 1. The molecule has 0 saturated carbocycles. The molecule has 178 valence electrons. The Labute approximate surface area is 201 Å². The topological polar surface area (TPSA) is 75.7 Å². The molecule has 0 spiro atoms. The molecule has 1 saturated heterocycles. The summed E-state index contributed by atoms with van der Waals surface area (Å²) >= 11 is 0. The lowest BCUT2D eigenvalue weighted by atomic mass is 9.94. The Bertz CT molecular complexity index is 1230. The van der Waals surface area contributed by atoms with Gasteiger partial charge >= 0.3 is 5.97 Å². The molecule has 4 rings (SSSR count). The molecule has 1 fully saturated rings. The molecule has 7 heteroatoms. The fourth-order valence-corrected chi connectivity index (χ4v) is 6.24. The summed E-state index contributed by atoms with van der Waals surface area (Å²) in [5, 5.41) is 2.54. The predicted octanol–water partition coefficient (Wildman–Crippen LogP) is 3.51. The lowest BCUT2D eigenvalue weighted by Gasteiger charge is -2.41. The quantitative estimate of drug-likeness (QED) is 0.524. The van der Waals surface area contributed by atoms with Crippen molar-refractivity contribution in [1.29, 1.82) is 0 Å². The molecule has 6 nitrogen and oxygen atoms in total. The first kappa shape index (κ1) is 24.1. The van der Waals surface area contributed by atoms with Crippen molar-refractivity contribution in [3.05, 3.63) is 101 Å². The molecule has 1 heterocycles. The summed E-state index contributed by atoms with van der Waals surface area (Å²) in [6.45, 7) is 3.53. The van der Waals surface area contributed by atoms with Gasteiger partial charge in [0.25, 0.3) is 0 Å². The van der Waals surface area contributed by atoms with Gasteiger partial charge in [-0.15, -0.1) is 0 Å². The Balaban J connectivity index is 1.78. The smallest absolute Gasteiger partial charge is 0.309 e. The Hall–Kier alpha value is -3.00. The lowest BCUT2D eigenvalue weighted by Crippen LogP contribution is -2.55. The van der Waals surface area contributed by atoms with Crippen LogP contribution in [0.25, 0.3) is 0 Å². The summed E-state index contributed by atoms with van der Waals surface area (Å²) in [5.41, 5.74) is 3.79. The van der Waals surface area contributed by atoms with E-state index in [4.69, 9.17) is 4.74 Å². The minimum absolute atomic E-state index is 0.165.